The second-order valence-electron chi connectivity index (χ2n) is 5.15. The largest absolute Gasteiger partial charge is 0.497 e. The van der Waals surface area contributed by atoms with E-state index in [1.54, 1.807) is 56.7 Å². The number of hydrogen-bond donors (Lipinski definition) is 0. The Bertz CT molecular complexity index is 747. The summed E-state index contributed by atoms with van der Waals surface area (Å²) in [4.78, 5) is 12.4. The molecule has 1 unspecified atom stereocenters. The maximum atomic E-state index is 12.4. The van der Waals surface area contributed by atoms with E-state index in [2.05, 4.69) is 6.07 Å². The van der Waals surface area contributed by atoms with E-state index in [1.165, 1.54) is 7.11 Å². The molecule has 0 aliphatic heterocycles. The number of carbonyl (C=O) groups is 1. The summed E-state index contributed by atoms with van der Waals surface area (Å²) in [6.07, 6.45) is 0.0955. The summed E-state index contributed by atoms with van der Waals surface area (Å²) in [6.45, 7) is 0. The lowest BCUT2D eigenvalue weighted by atomic mass is 9.92. The molecule has 0 aliphatic carbocycles. The zero-order valence-electron chi connectivity index (χ0n) is 13.9. The molecule has 5 heteroatoms. The van der Waals surface area contributed by atoms with Gasteiger partial charge in [0.15, 0.2) is 17.3 Å². The van der Waals surface area contributed by atoms with Crippen LogP contribution in [0.3, 0.4) is 0 Å². The van der Waals surface area contributed by atoms with Crippen molar-refractivity contribution in [1.29, 1.82) is 5.26 Å². The Kier molecular flexibility index (Phi) is 5.80. The monoisotopic (exact) mass is 325 g/mol. The number of nitriles is 1. The molecule has 1 atom stereocenters. The summed E-state index contributed by atoms with van der Waals surface area (Å²) in [5.74, 6) is 1.15. The number of Topliss-reactive ketones (excluding diaryl/α,β-unsaturated/α-hetero) is 1. The minimum atomic E-state index is -0.556. The summed E-state index contributed by atoms with van der Waals surface area (Å²) < 4.78 is 15.5. The number of rotatable bonds is 7. The van der Waals surface area contributed by atoms with Gasteiger partial charge in [0, 0.05) is 12.0 Å². The first-order chi connectivity index (χ1) is 11.6. The topological polar surface area (TPSA) is 68.6 Å². The van der Waals surface area contributed by atoms with Gasteiger partial charge < -0.3 is 14.2 Å². The number of ether oxygens (including phenoxy) is 3. The van der Waals surface area contributed by atoms with Crippen molar-refractivity contribution in [1.82, 2.24) is 0 Å². The number of carbonyl (C=O) groups excluding carboxylic acids is 1. The maximum absolute atomic E-state index is 12.4. The fraction of sp³-hybridized carbons (Fsp3) is 0.263. The van der Waals surface area contributed by atoms with Gasteiger partial charge in [0.25, 0.3) is 0 Å². The fourth-order valence-corrected chi connectivity index (χ4v) is 2.39. The Morgan fingerprint density at radius 2 is 1.67 bits per heavy atom. The van der Waals surface area contributed by atoms with E-state index in [0.29, 0.717) is 22.8 Å². The Morgan fingerprint density at radius 1 is 1.00 bits per heavy atom. The normalized spacial score (nSPS) is 11.2. The van der Waals surface area contributed by atoms with Crippen LogP contribution >= 0.6 is 0 Å². The molecule has 5 nitrogen and oxygen atoms in total. The molecule has 0 N–H and O–H groups in total. The predicted molar refractivity (Wildman–Crippen MR) is 89.8 cm³/mol. The molecule has 0 saturated carbocycles. The lowest BCUT2D eigenvalue weighted by molar-refractivity contribution is 0.0979. The van der Waals surface area contributed by atoms with Gasteiger partial charge in [-0.2, -0.15) is 5.26 Å². The molecule has 0 saturated heterocycles. The van der Waals surface area contributed by atoms with Crippen LogP contribution in [0.25, 0.3) is 0 Å². The smallest absolute Gasteiger partial charge is 0.164 e. The highest BCUT2D eigenvalue weighted by atomic mass is 16.5. The Balaban J connectivity index is 2.19. The van der Waals surface area contributed by atoms with Crippen molar-refractivity contribution in [3.05, 3.63) is 53.6 Å². The summed E-state index contributed by atoms with van der Waals surface area (Å²) in [5, 5.41) is 9.45. The average molecular weight is 325 g/mol. The van der Waals surface area contributed by atoms with Crippen LogP contribution in [0, 0.1) is 11.3 Å². The minimum absolute atomic E-state index is 0.0955. The van der Waals surface area contributed by atoms with Crippen LogP contribution in [0.2, 0.25) is 0 Å². The summed E-state index contributed by atoms with van der Waals surface area (Å²) in [7, 11) is 4.65. The summed E-state index contributed by atoms with van der Waals surface area (Å²) >= 11 is 0. The van der Waals surface area contributed by atoms with E-state index >= 15 is 0 Å². The first-order valence-corrected chi connectivity index (χ1v) is 7.41. The zero-order valence-corrected chi connectivity index (χ0v) is 13.9. The van der Waals surface area contributed by atoms with E-state index < -0.39 is 5.92 Å². The molecule has 0 bridgehead atoms. The van der Waals surface area contributed by atoms with Gasteiger partial charge in [-0.15, -0.1) is 0 Å². The molecule has 0 aliphatic rings. The lowest BCUT2D eigenvalue weighted by Gasteiger charge is -2.13. The third kappa shape index (κ3) is 3.85. The third-order valence-electron chi connectivity index (χ3n) is 3.77. The summed E-state index contributed by atoms with van der Waals surface area (Å²) in [6, 6.07) is 14.3. The molecule has 0 radical (unpaired) electrons. The van der Waals surface area contributed by atoms with E-state index in [0.717, 1.165) is 5.56 Å². The number of benzene rings is 2. The van der Waals surface area contributed by atoms with Crippen LogP contribution in [-0.2, 0) is 0 Å². The molecule has 0 amide bonds. The molecule has 124 valence electrons. The molecular formula is C19H19NO4. The van der Waals surface area contributed by atoms with Gasteiger partial charge in [0.1, 0.15) is 5.75 Å². The van der Waals surface area contributed by atoms with Gasteiger partial charge in [-0.25, -0.2) is 0 Å². The van der Waals surface area contributed by atoms with Crippen molar-refractivity contribution in [2.24, 2.45) is 0 Å². The number of methoxy groups -OCH3 is 3. The van der Waals surface area contributed by atoms with Gasteiger partial charge >= 0.3 is 0 Å². The van der Waals surface area contributed by atoms with E-state index in [-0.39, 0.29) is 12.2 Å². The van der Waals surface area contributed by atoms with Gasteiger partial charge in [0.2, 0.25) is 0 Å². The number of nitrogens with zero attached hydrogens (tertiary/aromatic N) is 1. The first kappa shape index (κ1) is 17.4. The van der Waals surface area contributed by atoms with Crippen molar-refractivity contribution in [2.45, 2.75) is 12.3 Å². The van der Waals surface area contributed by atoms with E-state index in [9.17, 15) is 10.1 Å². The third-order valence-corrected chi connectivity index (χ3v) is 3.77. The maximum Gasteiger partial charge on any atom is 0.164 e. The van der Waals surface area contributed by atoms with Crippen LogP contribution in [-0.4, -0.2) is 27.1 Å². The Hall–Kier alpha value is -3.00. The molecule has 2 rings (SSSR count). The molecular weight excluding hydrogens is 306 g/mol. The van der Waals surface area contributed by atoms with Crippen LogP contribution in [0.1, 0.15) is 28.3 Å². The average Bonchev–Trinajstić information content (AvgIpc) is 2.65. The zero-order chi connectivity index (χ0) is 17.5. The minimum Gasteiger partial charge on any atom is -0.497 e. The predicted octanol–water partition coefficient (Wildman–Crippen LogP) is 3.59. The van der Waals surface area contributed by atoms with Crippen molar-refractivity contribution < 1.29 is 19.0 Å². The van der Waals surface area contributed by atoms with E-state index in [1.807, 2.05) is 0 Å². The molecule has 0 heterocycles. The standard InChI is InChI=1S/C19H19NO4/c1-22-16-7-4-13(5-8-16)17(21)10-15(12-20)14-6-9-18(23-2)19(11-14)24-3/h4-9,11,15H,10H2,1-3H3. The van der Waals surface area contributed by atoms with Crippen molar-refractivity contribution in [2.75, 3.05) is 21.3 Å². The molecule has 2 aromatic carbocycles. The molecule has 24 heavy (non-hydrogen) atoms. The highest BCUT2D eigenvalue weighted by Crippen LogP contribution is 2.32. The Morgan fingerprint density at radius 3 is 2.21 bits per heavy atom. The number of hydrogen-bond acceptors (Lipinski definition) is 5. The van der Waals surface area contributed by atoms with Gasteiger partial charge in [-0.3, -0.25) is 4.79 Å². The van der Waals surface area contributed by atoms with Gasteiger partial charge in [-0.05, 0) is 42.0 Å². The first-order valence-electron chi connectivity index (χ1n) is 7.41. The highest BCUT2D eigenvalue weighted by molar-refractivity contribution is 5.96. The summed E-state index contributed by atoms with van der Waals surface area (Å²) in [5.41, 5.74) is 1.27. The van der Waals surface area contributed by atoms with Gasteiger partial charge in [0.05, 0.1) is 33.3 Å². The molecule has 2 aromatic rings. The van der Waals surface area contributed by atoms with Crippen LogP contribution in [0.5, 0.6) is 17.2 Å². The van der Waals surface area contributed by atoms with Crippen molar-refractivity contribution in [3.8, 4) is 23.3 Å². The molecule has 0 aromatic heterocycles. The second kappa shape index (κ2) is 8.02. The lowest BCUT2D eigenvalue weighted by Crippen LogP contribution is -2.07. The molecule has 0 fully saturated rings. The Labute approximate surface area is 141 Å². The van der Waals surface area contributed by atoms with Gasteiger partial charge in [-0.1, -0.05) is 6.07 Å². The molecule has 0 spiro atoms. The van der Waals surface area contributed by atoms with E-state index in [4.69, 9.17) is 14.2 Å². The van der Waals surface area contributed by atoms with Crippen molar-refractivity contribution in [3.63, 3.8) is 0 Å². The van der Waals surface area contributed by atoms with Crippen LogP contribution in [0.15, 0.2) is 42.5 Å². The SMILES string of the molecule is COc1ccc(C(=O)CC(C#N)c2ccc(OC)c(OC)c2)cc1. The van der Waals surface area contributed by atoms with Crippen LogP contribution < -0.4 is 14.2 Å². The fourth-order valence-electron chi connectivity index (χ4n) is 2.39. The highest BCUT2D eigenvalue weighted by Gasteiger charge is 2.18. The quantitative estimate of drug-likeness (QED) is 0.728. The number of ketones is 1. The second-order valence-corrected chi connectivity index (χ2v) is 5.15. The van der Waals surface area contributed by atoms with Crippen molar-refractivity contribution >= 4 is 5.78 Å². The van der Waals surface area contributed by atoms with Crippen LogP contribution in [0.4, 0.5) is 0 Å².